The third-order valence-electron chi connectivity index (χ3n) is 5.00. The van der Waals surface area contributed by atoms with E-state index < -0.39 is 6.04 Å². The molecule has 2 aromatic carbocycles. The molecular weight excluding hydrogens is 392 g/mol. The number of carbonyl (C=O) groups is 2. The lowest BCUT2D eigenvalue weighted by Gasteiger charge is -2.30. The van der Waals surface area contributed by atoms with Gasteiger partial charge in [-0.1, -0.05) is 32.0 Å². The molecule has 0 aliphatic carbocycles. The molecule has 168 valence electrons. The first-order valence-electron chi connectivity index (χ1n) is 10.8. The van der Waals surface area contributed by atoms with Gasteiger partial charge in [0, 0.05) is 13.1 Å². The summed E-state index contributed by atoms with van der Waals surface area (Å²) in [6.45, 7) is 8.66. The van der Waals surface area contributed by atoms with Crippen LogP contribution in [0.4, 0.5) is 0 Å². The lowest BCUT2D eigenvalue weighted by molar-refractivity contribution is -0.143. The van der Waals surface area contributed by atoms with Crippen molar-refractivity contribution in [3.05, 3.63) is 59.2 Å². The SMILES string of the molecule is CCCNC(=O)[C@H](CC)N(Cc1ccc(OC)cc1)C(=O)COc1cc(C)cc(C)c1. The van der Waals surface area contributed by atoms with Gasteiger partial charge in [-0.05, 0) is 67.6 Å². The van der Waals surface area contributed by atoms with E-state index in [0.29, 0.717) is 25.3 Å². The molecule has 2 aromatic rings. The van der Waals surface area contributed by atoms with Crippen LogP contribution < -0.4 is 14.8 Å². The maximum absolute atomic E-state index is 13.2. The lowest BCUT2D eigenvalue weighted by atomic mass is 10.1. The Hall–Kier alpha value is -3.02. The highest BCUT2D eigenvalue weighted by Crippen LogP contribution is 2.19. The molecule has 6 heteroatoms. The van der Waals surface area contributed by atoms with Crippen LogP contribution in [0.15, 0.2) is 42.5 Å². The van der Waals surface area contributed by atoms with Crippen LogP contribution in [0, 0.1) is 13.8 Å². The van der Waals surface area contributed by atoms with Crippen LogP contribution in [0.3, 0.4) is 0 Å². The molecule has 0 saturated carbocycles. The van der Waals surface area contributed by atoms with Gasteiger partial charge in [0.2, 0.25) is 5.91 Å². The van der Waals surface area contributed by atoms with Gasteiger partial charge in [0.1, 0.15) is 17.5 Å². The third-order valence-corrected chi connectivity index (χ3v) is 5.00. The first-order valence-corrected chi connectivity index (χ1v) is 10.8. The summed E-state index contributed by atoms with van der Waals surface area (Å²) in [7, 11) is 1.61. The van der Waals surface area contributed by atoms with Crippen LogP contribution in [-0.4, -0.2) is 43.0 Å². The molecule has 2 rings (SSSR count). The van der Waals surface area contributed by atoms with Gasteiger partial charge in [0.05, 0.1) is 7.11 Å². The molecule has 6 nitrogen and oxygen atoms in total. The highest BCUT2D eigenvalue weighted by Gasteiger charge is 2.28. The van der Waals surface area contributed by atoms with Crippen molar-refractivity contribution in [2.45, 2.75) is 53.1 Å². The number of nitrogens with zero attached hydrogens (tertiary/aromatic N) is 1. The number of amides is 2. The largest absolute Gasteiger partial charge is 0.497 e. The van der Waals surface area contributed by atoms with Crippen molar-refractivity contribution in [3.63, 3.8) is 0 Å². The molecular formula is C25H34N2O4. The second kappa shape index (κ2) is 12.0. The topological polar surface area (TPSA) is 67.9 Å². The van der Waals surface area contributed by atoms with E-state index in [1.807, 2.05) is 64.1 Å². The third kappa shape index (κ3) is 7.31. The molecule has 1 N–H and O–H groups in total. The number of benzene rings is 2. The summed E-state index contributed by atoms with van der Waals surface area (Å²) in [6.07, 6.45) is 1.35. The Morgan fingerprint density at radius 3 is 2.19 bits per heavy atom. The second-order valence-corrected chi connectivity index (χ2v) is 7.70. The molecule has 0 aliphatic heterocycles. The van der Waals surface area contributed by atoms with E-state index >= 15 is 0 Å². The molecule has 0 heterocycles. The molecule has 0 fully saturated rings. The van der Waals surface area contributed by atoms with Crippen molar-refractivity contribution in [1.29, 1.82) is 0 Å². The van der Waals surface area contributed by atoms with Crippen LogP contribution >= 0.6 is 0 Å². The number of carbonyl (C=O) groups excluding carboxylic acids is 2. The molecule has 0 unspecified atom stereocenters. The van der Waals surface area contributed by atoms with Crippen molar-refractivity contribution in [2.24, 2.45) is 0 Å². The molecule has 0 aromatic heterocycles. The molecule has 0 radical (unpaired) electrons. The standard InChI is InChI=1S/C25H34N2O4/c1-6-12-26-25(29)23(7-2)27(16-20-8-10-21(30-5)11-9-20)24(28)17-31-22-14-18(3)13-19(4)15-22/h8-11,13-15,23H,6-7,12,16-17H2,1-5H3,(H,26,29)/t23-/m0/s1. The fraction of sp³-hybridized carbons (Fsp3) is 0.440. The number of hydrogen-bond acceptors (Lipinski definition) is 4. The van der Waals surface area contributed by atoms with Crippen molar-refractivity contribution < 1.29 is 19.1 Å². The minimum atomic E-state index is -0.566. The second-order valence-electron chi connectivity index (χ2n) is 7.70. The van der Waals surface area contributed by atoms with Crippen LogP contribution in [0.25, 0.3) is 0 Å². The van der Waals surface area contributed by atoms with E-state index in [4.69, 9.17) is 9.47 Å². The van der Waals surface area contributed by atoms with Crippen LogP contribution in [0.1, 0.15) is 43.4 Å². The summed E-state index contributed by atoms with van der Waals surface area (Å²) < 4.78 is 11.0. The average Bonchev–Trinajstić information content (AvgIpc) is 2.75. The first-order chi connectivity index (χ1) is 14.9. The maximum atomic E-state index is 13.2. The van der Waals surface area contributed by atoms with E-state index in [1.54, 1.807) is 12.0 Å². The Morgan fingerprint density at radius 1 is 1.00 bits per heavy atom. The van der Waals surface area contributed by atoms with Crippen LogP contribution in [0.2, 0.25) is 0 Å². The summed E-state index contributed by atoms with van der Waals surface area (Å²) in [5.74, 6) is 1.03. The van der Waals surface area contributed by atoms with Crippen molar-refractivity contribution in [2.75, 3.05) is 20.3 Å². The van der Waals surface area contributed by atoms with Crippen LogP contribution in [0.5, 0.6) is 11.5 Å². The summed E-state index contributed by atoms with van der Waals surface area (Å²) in [6, 6.07) is 12.8. The quantitative estimate of drug-likeness (QED) is 0.589. The molecule has 0 aliphatic rings. The van der Waals surface area contributed by atoms with Crippen molar-refractivity contribution >= 4 is 11.8 Å². The van der Waals surface area contributed by atoms with E-state index in [2.05, 4.69) is 11.4 Å². The Morgan fingerprint density at radius 2 is 1.65 bits per heavy atom. The zero-order valence-electron chi connectivity index (χ0n) is 19.2. The molecule has 31 heavy (non-hydrogen) atoms. The number of hydrogen-bond donors (Lipinski definition) is 1. The zero-order valence-corrected chi connectivity index (χ0v) is 19.2. The van der Waals surface area contributed by atoms with Gasteiger partial charge in [-0.15, -0.1) is 0 Å². The number of methoxy groups -OCH3 is 1. The predicted octanol–water partition coefficient (Wildman–Crippen LogP) is 4.02. The summed E-state index contributed by atoms with van der Waals surface area (Å²) in [5.41, 5.74) is 3.06. The van der Waals surface area contributed by atoms with Crippen molar-refractivity contribution in [3.8, 4) is 11.5 Å². The maximum Gasteiger partial charge on any atom is 0.261 e. The Kier molecular flexibility index (Phi) is 9.38. The average molecular weight is 427 g/mol. The lowest BCUT2D eigenvalue weighted by Crippen LogP contribution is -2.50. The smallest absolute Gasteiger partial charge is 0.261 e. The summed E-state index contributed by atoms with van der Waals surface area (Å²) in [5, 5.41) is 2.92. The fourth-order valence-corrected chi connectivity index (χ4v) is 3.46. The summed E-state index contributed by atoms with van der Waals surface area (Å²) >= 11 is 0. The predicted molar refractivity (Wildman–Crippen MR) is 122 cm³/mol. The van der Waals surface area contributed by atoms with Gasteiger partial charge in [0.15, 0.2) is 6.61 Å². The molecule has 0 spiro atoms. The van der Waals surface area contributed by atoms with Gasteiger partial charge in [-0.25, -0.2) is 0 Å². The highest BCUT2D eigenvalue weighted by molar-refractivity contribution is 5.88. The Labute approximate surface area is 185 Å². The number of nitrogens with one attached hydrogen (secondary N) is 1. The monoisotopic (exact) mass is 426 g/mol. The Balaban J connectivity index is 2.20. The van der Waals surface area contributed by atoms with Crippen LogP contribution in [-0.2, 0) is 16.1 Å². The molecule has 0 bridgehead atoms. The van der Waals surface area contributed by atoms with E-state index in [0.717, 1.165) is 28.9 Å². The van der Waals surface area contributed by atoms with E-state index in [9.17, 15) is 9.59 Å². The zero-order chi connectivity index (χ0) is 22.8. The minimum Gasteiger partial charge on any atom is -0.497 e. The minimum absolute atomic E-state index is 0.128. The highest BCUT2D eigenvalue weighted by atomic mass is 16.5. The van der Waals surface area contributed by atoms with Gasteiger partial charge < -0.3 is 19.7 Å². The number of ether oxygens (including phenoxy) is 2. The number of rotatable bonds is 11. The molecule has 1 atom stereocenters. The fourth-order valence-electron chi connectivity index (χ4n) is 3.46. The van der Waals surface area contributed by atoms with Gasteiger partial charge in [0.25, 0.3) is 5.91 Å². The van der Waals surface area contributed by atoms with E-state index in [-0.39, 0.29) is 18.4 Å². The normalized spacial score (nSPS) is 11.5. The summed E-state index contributed by atoms with van der Waals surface area (Å²) in [4.78, 5) is 27.6. The van der Waals surface area contributed by atoms with Gasteiger partial charge >= 0.3 is 0 Å². The Bertz CT molecular complexity index is 844. The molecule has 2 amide bonds. The van der Waals surface area contributed by atoms with E-state index in [1.165, 1.54) is 0 Å². The molecule has 0 saturated heterocycles. The van der Waals surface area contributed by atoms with Gasteiger partial charge in [-0.2, -0.15) is 0 Å². The number of aryl methyl sites for hydroxylation is 2. The van der Waals surface area contributed by atoms with Gasteiger partial charge in [-0.3, -0.25) is 9.59 Å². The first kappa shape index (κ1) is 24.3. The van der Waals surface area contributed by atoms with Crippen molar-refractivity contribution in [1.82, 2.24) is 10.2 Å².